The van der Waals surface area contributed by atoms with Gasteiger partial charge in [-0.1, -0.05) is 12.1 Å². The van der Waals surface area contributed by atoms with Crippen LogP contribution < -0.4 is 15.0 Å². The summed E-state index contributed by atoms with van der Waals surface area (Å²) in [5.74, 6) is 1.39. The van der Waals surface area contributed by atoms with Gasteiger partial charge in [-0.05, 0) is 18.2 Å². The number of methoxy groups -OCH3 is 1. The van der Waals surface area contributed by atoms with Crippen molar-refractivity contribution in [3.8, 4) is 17.0 Å². The molecule has 0 radical (unpaired) electrons. The van der Waals surface area contributed by atoms with Crippen LogP contribution in [0, 0.1) is 0 Å². The number of H-pyrrole nitrogens is 1. The number of fused-ring (bicyclic) bond motifs is 2. The molecule has 0 atom stereocenters. The van der Waals surface area contributed by atoms with Crippen molar-refractivity contribution < 1.29 is 9.84 Å². The van der Waals surface area contributed by atoms with E-state index in [1.54, 1.807) is 17.8 Å². The number of ether oxygens (including phenoxy) is 1. The number of nitrogens with zero attached hydrogens (tertiary/aromatic N) is 7. The van der Waals surface area contributed by atoms with Crippen molar-refractivity contribution >= 4 is 33.7 Å². The Kier molecular flexibility index (Phi) is 5.84. The Labute approximate surface area is 207 Å². The Morgan fingerprint density at radius 2 is 2.00 bits per heavy atom. The lowest BCUT2D eigenvalue weighted by Crippen LogP contribution is -2.47. The SMILES string of the molecule is COc1cc(Nc2nc(-c3ccc4cn[nH]c4c3)cn3ncnc23)ccc1N1CCN(CCO)CC1. The van der Waals surface area contributed by atoms with Crippen molar-refractivity contribution in [2.45, 2.75) is 0 Å². The molecule has 1 fully saturated rings. The van der Waals surface area contributed by atoms with Crippen molar-refractivity contribution in [1.82, 2.24) is 34.7 Å². The number of hydrogen-bond acceptors (Lipinski definition) is 9. The molecule has 11 heteroatoms. The standard InChI is InChI=1S/C25H27N9O2/c1-36-23-13-19(4-5-22(23)33-8-6-32(7-9-33)10-11-35)29-24-25-26-16-28-34(25)15-21(30-24)17-2-3-18-14-27-31-20(18)12-17/h2-5,12-16,35H,6-11H2,1H3,(H,27,31)(H,29,30). The number of benzene rings is 2. The minimum Gasteiger partial charge on any atom is -0.495 e. The average molecular weight is 486 g/mol. The largest absolute Gasteiger partial charge is 0.495 e. The maximum Gasteiger partial charge on any atom is 0.198 e. The fraction of sp³-hybridized carbons (Fsp3) is 0.280. The molecule has 1 aliphatic rings. The van der Waals surface area contributed by atoms with Gasteiger partial charge in [0, 0.05) is 55.4 Å². The molecule has 0 saturated carbocycles. The van der Waals surface area contributed by atoms with Gasteiger partial charge in [0.25, 0.3) is 0 Å². The molecule has 36 heavy (non-hydrogen) atoms. The first-order valence-corrected chi connectivity index (χ1v) is 11.9. The number of piperazine rings is 1. The Hall–Kier alpha value is -4.22. The van der Waals surface area contributed by atoms with E-state index in [9.17, 15) is 5.11 Å². The molecule has 0 amide bonds. The highest BCUT2D eigenvalue weighted by atomic mass is 16.5. The minimum absolute atomic E-state index is 0.190. The number of nitrogens with one attached hydrogen (secondary N) is 2. The Balaban J connectivity index is 1.29. The second-order valence-electron chi connectivity index (χ2n) is 8.74. The first kappa shape index (κ1) is 22.3. The minimum atomic E-state index is 0.190. The number of aliphatic hydroxyl groups excluding tert-OH is 1. The maximum atomic E-state index is 9.20. The second kappa shape index (κ2) is 9.44. The van der Waals surface area contributed by atoms with Crippen LogP contribution in [0.15, 0.2) is 55.1 Å². The molecule has 0 aliphatic carbocycles. The number of aromatic nitrogens is 6. The normalized spacial score (nSPS) is 14.6. The summed E-state index contributed by atoms with van der Waals surface area (Å²) in [7, 11) is 1.69. The zero-order valence-electron chi connectivity index (χ0n) is 19.9. The summed E-state index contributed by atoms with van der Waals surface area (Å²) < 4.78 is 7.47. The number of aromatic amines is 1. The van der Waals surface area contributed by atoms with Crippen LogP contribution in [0.2, 0.25) is 0 Å². The van der Waals surface area contributed by atoms with Crippen molar-refractivity contribution in [2.75, 3.05) is 56.7 Å². The van der Waals surface area contributed by atoms with Crippen LogP contribution in [0.5, 0.6) is 5.75 Å². The van der Waals surface area contributed by atoms with Crippen LogP contribution in [0.1, 0.15) is 0 Å². The third-order valence-corrected chi connectivity index (χ3v) is 6.57. The van der Waals surface area contributed by atoms with E-state index >= 15 is 0 Å². The highest BCUT2D eigenvalue weighted by molar-refractivity contribution is 5.84. The maximum absolute atomic E-state index is 9.20. The van der Waals surface area contributed by atoms with Crippen LogP contribution in [-0.2, 0) is 0 Å². The second-order valence-corrected chi connectivity index (χ2v) is 8.74. The molecule has 0 spiro atoms. The van der Waals surface area contributed by atoms with Gasteiger partial charge in [-0.25, -0.2) is 14.5 Å². The van der Waals surface area contributed by atoms with Crippen molar-refractivity contribution in [3.05, 3.63) is 55.1 Å². The van der Waals surface area contributed by atoms with E-state index in [-0.39, 0.29) is 6.61 Å². The van der Waals surface area contributed by atoms with Gasteiger partial charge in [0.2, 0.25) is 0 Å². The summed E-state index contributed by atoms with van der Waals surface area (Å²) >= 11 is 0. The van der Waals surface area contributed by atoms with Crippen LogP contribution in [0.25, 0.3) is 27.8 Å². The monoisotopic (exact) mass is 485 g/mol. The predicted octanol–water partition coefficient (Wildman–Crippen LogP) is 2.53. The summed E-state index contributed by atoms with van der Waals surface area (Å²) in [5.41, 5.74) is 5.17. The summed E-state index contributed by atoms with van der Waals surface area (Å²) in [4.78, 5) is 13.9. The van der Waals surface area contributed by atoms with E-state index < -0.39 is 0 Å². The topological polar surface area (TPSA) is 120 Å². The summed E-state index contributed by atoms with van der Waals surface area (Å²) in [6.07, 6.45) is 5.18. The van der Waals surface area contributed by atoms with Gasteiger partial charge in [-0.3, -0.25) is 10.00 Å². The fourth-order valence-corrected chi connectivity index (χ4v) is 4.66. The lowest BCUT2D eigenvalue weighted by atomic mass is 10.1. The number of aliphatic hydroxyl groups is 1. The molecular weight excluding hydrogens is 458 g/mol. The smallest absolute Gasteiger partial charge is 0.198 e. The van der Waals surface area contributed by atoms with Gasteiger partial charge in [-0.2, -0.15) is 10.2 Å². The number of rotatable bonds is 7. The lowest BCUT2D eigenvalue weighted by Gasteiger charge is -2.36. The Morgan fingerprint density at radius 3 is 2.83 bits per heavy atom. The molecule has 6 rings (SSSR count). The third kappa shape index (κ3) is 4.18. The van der Waals surface area contributed by atoms with Gasteiger partial charge >= 0.3 is 0 Å². The van der Waals surface area contributed by atoms with Crippen LogP contribution in [0.4, 0.5) is 17.2 Å². The molecule has 4 heterocycles. The zero-order chi connectivity index (χ0) is 24.5. The molecule has 5 aromatic rings. The first-order valence-electron chi connectivity index (χ1n) is 11.9. The van der Waals surface area contributed by atoms with Crippen LogP contribution >= 0.6 is 0 Å². The molecule has 11 nitrogen and oxygen atoms in total. The Bertz CT molecular complexity index is 1500. The van der Waals surface area contributed by atoms with Crippen LogP contribution in [-0.4, -0.2) is 86.2 Å². The molecule has 184 valence electrons. The van der Waals surface area contributed by atoms with Gasteiger partial charge in [0.05, 0.1) is 43.0 Å². The molecule has 2 aromatic carbocycles. The van der Waals surface area contributed by atoms with Gasteiger partial charge in [0.15, 0.2) is 11.5 Å². The molecule has 1 aliphatic heterocycles. The third-order valence-electron chi connectivity index (χ3n) is 6.57. The van der Waals surface area contributed by atoms with Crippen LogP contribution in [0.3, 0.4) is 0 Å². The van der Waals surface area contributed by atoms with Gasteiger partial charge < -0.3 is 20.1 Å². The first-order chi connectivity index (χ1) is 17.7. The summed E-state index contributed by atoms with van der Waals surface area (Å²) in [5, 5.41) is 25.1. The molecule has 3 N–H and O–H groups in total. The van der Waals surface area contributed by atoms with E-state index in [0.29, 0.717) is 18.0 Å². The van der Waals surface area contributed by atoms with E-state index in [4.69, 9.17) is 9.72 Å². The van der Waals surface area contributed by atoms with E-state index in [2.05, 4.69) is 41.5 Å². The number of β-amino-alcohol motifs (C(OH)–C–C–N with tert-alkyl or cyclic N) is 1. The van der Waals surface area contributed by atoms with Gasteiger partial charge in [-0.15, -0.1) is 0 Å². The highest BCUT2D eigenvalue weighted by Crippen LogP contribution is 2.34. The quantitative estimate of drug-likeness (QED) is 0.319. The Morgan fingerprint density at radius 1 is 1.11 bits per heavy atom. The van der Waals surface area contributed by atoms with Gasteiger partial charge in [0.1, 0.15) is 12.1 Å². The fourth-order valence-electron chi connectivity index (χ4n) is 4.66. The number of anilines is 3. The average Bonchev–Trinajstić information content (AvgIpc) is 3.58. The summed E-state index contributed by atoms with van der Waals surface area (Å²) in [6, 6.07) is 12.1. The van der Waals surface area contributed by atoms with Crippen molar-refractivity contribution in [3.63, 3.8) is 0 Å². The molecular formula is C25H27N9O2. The number of hydrogen-bond donors (Lipinski definition) is 3. The van der Waals surface area contributed by atoms with E-state index in [1.807, 2.05) is 36.5 Å². The molecule has 0 bridgehead atoms. The molecule has 0 unspecified atom stereocenters. The van der Waals surface area contributed by atoms with Crippen molar-refractivity contribution in [1.29, 1.82) is 0 Å². The zero-order valence-corrected chi connectivity index (χ0v) is 19.9. The molecule has 3 aromatic heterocycles. The van der Waals surface area contributed by atoms with E-state index in [1.165, 1.54) is 6.33 Å². The lowest BCUT2D eigenvalue weighted by molar-refractivity contribution is 0.188. The predicted molar refractivity (Wildman–Crippen MR) is 138 cm³/mol. The summed E-state index contributed by atoms with van der Waals surface area (Å²) in [6.45, 7) is 4.50. The van der Waals surface area contributed by atoms with Crippen molar-refractivity contribution in [2.24, 2.45) is 0 Å². The van der Waals surface area contributed by atoms with E-state index in [0.717, 1.165) is 65.5 Å². The molecule has 1 saturated heterocycles. The highest BCUT2D eigenvalue weighted by Gasteiger charge is 2.20.